The predicted octanol–water partition coefficient (Wildman–Crippen LogP) is 1.61. The zero-order valence-electron chi connectivity index (χ0n) is 17.4. The van der Waals surface area contributed by atoms with E-state index in [1.165, 1.54) is 6.42 Å². The molecule has 1 atom stereocenters. The first-order valence-electron chi connectivity index (χ1n) is 10.7. The largest absolute Gasteiger partial charge is 0.339 e. The monoisotopic (exact) mass is 398 g/mol. The van der Waals surface area contributed by atoms with Crippen LogP contribution in [0, 0.1) is 0 Å². The lowest BCUT2D eigenvalue weighted by Crippen LogP contribution is -2.53. The lowest BCUT2D eigenvalue weighted by molar-refractivity contribution is -0.136. The number of fused-ring (bicyclic) bond motifs is 1. The normalized spacial score (nSPS) is 21.0. The quantitative estimate of drug-likeness (QED) is 0.782. The molecule has 2 amide bonds. The molecule has 156 valence electrons. The molecule has 8 nitrogen and oxygen atoms in total. The number of amides is 2. The van der Waals surface area contributed by atoms with Crippen molar-refractivity contribution in [1.82, 2.24) is 29.7 Å². The Bertz CT molecular complexity index is 886. The molecule has 4 rings (SSSR count). The van der Waals surface area contributed by atoms with Crippen molar-refractivity contribution >= 4 is 22.8 Å². The van der Waals surface area contributed by atoms with E-state index in [0.717, 1.165) is 50.1 Å². The molecule has 0 bridgehead atoms. The fraction of sp³-hybridized carbons (Fsp3) is 0.619. The number of piperidine rings is 1. The molecule has 2 saturated heterocycles. The summed E-state index contributed by atoms with van der Waals surface area (Å²) in [6.45, 7) is 8.99. The summed E-state index contributed by atoms with van der Waals surface area (Å²) in [5, 5.41) is 8.27. The lowest BCUT2D eigenvalue weighted by atomic mass is 10.0. The molecule has 0 aliphatic carbocycles. The number of carbonyl (C=O) groups is 2. The minimum absolute atomic E-state index is 0.0218. The Morgan fingerprint density at radius 3 is 2.62 bits per heavy atom. The number of nitrogens with zero attached hydrogens (tertiary/aromatic N) is 6. The van der Waals surface area contributed by atoms with Crippen LogP contribution in [0.3, 0.4) is 0 Å². The highest BCUT2D eigenvalue weighted by atomic mass is 16.2. The van der Waals surface area contributed by atoms with Crippen molar-refractivity contribution in [3.05, 3.63) is 23.8 Å². The fourth-order valence-corrected chi connectivity index (χ4v) is 4.38. The number of piperazine rings is 1. The smallest absolute Gasteiger partial charge is 0.254 e. The van der Waals surface area contributed by atoms with Gasteiger partial charge < -0.3 is 9.80 Å². The van der Waals surface area contributed by atoms with E-state index in [-0.39, 0.29) is 11.8 Å². The van der Waals surface area contributed by atoms with Crippen molar-refractivity contribution in [3.8, 4) is 0 Å². The molecule has 0 N–H and O–H groups in total. The van der Waals surface area contributed by atoms with Crippen molar-refractivity contribution in [2.75, 3.05) is 39.3 Å². The van der Waals surface area contributed by atoms with Gasteiger partial charge in [0.25, 0.3) is 5.91 Å². The molecule has 1 aromatic heterocycles. The average Bonchev–Trinajstić information content (AvgIpc) is 3.16. The molecule has 0 radical (unpaired) electrons. The summed E-state index contributed by atoms with van der Waals surface area (Å²) in [5.74, 6) is 0.245. The second-order valence-electron chi connectivity index (χ2n) is 8.11. The Balaban J connectivity index is 1.33. The van der Waals surface area contributed by atoms with Crippen LogP contribution in [0.15, 0.2) is 18.2 Å². The van der Waals surface area contributed by atoms with E-state index in [2.05, 4.69) is 22.1 Å². The topological polar surface area (TPSA) is 74.6 Å². The zero-order valence-corrected chi connectivity index (χ0v) is 17.4. The van der Waals surface area contributed by atoms with Gasteiger partial charge in [-0.3, -0.25) is 14.5 Å². The van der Waals surface area contributed by atoms with Crippen LogP contribution < -0.4 is 0 Å². The second kappa shape index (κ2) is 8.49. The highest BCUT2D eigenvalue weighted by Gasteiger charge is 2.27. The van der Waals surface area contributed by atoms with Crippen LogP contribution in [-0.2, 0) is 11.3 Å². The summed E-state index contributed by atoms with van der Waals surface area (Å²) >= 11 is 0. The molecule has 0 spiro atoms. The van der Waals surface area contributed by atoms with Crippen LogP contribution >= 0.6 is 0 Å². The van der Waals surface area contributed by atoms with Crippen molar-refractivity contribution in [2.24, 2.45) is 0 Å². The zero-order chi connectivity index (χ0) is 20.4. The third-order valence-electron chi connectivity index (χ3n) is 6.20. The fourth-order valence-electron chi connectivity index (χ4n) is 4.38. The number of likely N-dealkylation sites (tertiary alicyclic amines) is 1. The van der Waals surface area contributed by atoms with Crippen molar-refractivity contribution in [2.45, 2.75) is 45.7 Å². The molecule has 8 heteroatoms. The maximum Gasteiger partial charge on any atom is 0.254 e. The van der Waals surface area contributed by atoms with Crippen molar-refractivity contribution < 1.29 is 9.59 Å². The maximum absolute atomic E-state index is 12.9. The van der Waals surface area contributed by atoms with Crippen LogP contribution in [0.1, 0.15) is 43.5 Å². The summed E-state index contributed by atoms with van der Waals surface area (Å²) in [5.41, 5.74) is 2.34. The molecule has 2 aromatic rings. The molecular formula is C21H30N6O2. The maximum atomic E-state index is 12.9. The van der Waals surface area contributed by atoms with Crippen LogP contribution in [0.25, 0.3) is 11.0 Å². The van der Waals surface area contributed by atoms with E-state index in [0.29, 0.717) is 31.2 Å². The van der Waals surface area contributed by atoms with Crippen molar-refractivity contribution in [1.29, 1.82) is 0 Å². The van der Waals surface area contributed by atoms with Gasteiger partial charge in [-0.25, -0.2) is 4.68 Å². The minimum Gasteiger partial charge on any atom is -0.339 e. The third-order valence-corrected chi connectivity index (χ3v) is 6.20. The van der Waals surface area contributed by atoms with E-state index < -0.39 is 0 Å². The molecule has 2 aliphatic rings. The van der Waals surface area contributed by atoms with Gasteiger partial charge in [-0.05, 0) is 51.3 Å². The van der Waals surface area contributed by atoms with Gasteiger partial charge in [-0.2, -0.15) is 0 Å². The van der Waals surface area contributed by atoms with Gasteiger partial charge in [0.1, 0.15) is 5.52 Å². The predicted molar refractivity (Wildman–Crippen MR) is 111 cm³/mol. The first kappa shape index (κ1) is 19.8. The van der Waals surface area contributed by atoms with Gasteiger partial charge in [-0.1, -0.05) is 5.21 Å². The SMILES string of the molecule is CCn1nnc2cc(C(=O)N3CCN(CC(=O)N4CCCCC4C)CC3)ccc21. The van der Waals surface area contributed by atoms with Crippen LogP contribution in [0.4, 0.5) is 0 Å². The van der Waals surface area contributed by atoms with E-state index in [9.17, 15) is 9.59 Å². The summed E-state index contributed by atoms with van der Waals surface area (Å²) < 4.78 is 1.82. The Morgan fingerprint density at radius 2 is 1.90 bits per heavy atom. The van der Waals surface area contributed by atoms with Crippen molar-refractivity contribution in [3.63, 3.8) is 0 Å². The first-order chi connectivity index (χ1) is 14.1. The molecule has 1 unspecified atom stereocenters. The Hall–Kier alpha value is -2.48. The second-order valence-corrected chi connectivity index (χ2v) is 8.11. The number of hydrogen-bond donors (Lipinski definition) is 0. The minimum atomic E-state index is 0.0218. The van der Waals surface area contributed by atoms with Crippen LogP contribution in [0.5, 0.6) is 0 Å². The number of aromatic nitrogens is 3. The van der Waals surface area contributed by atoms with Gasteiger partial charge in [0.05, 0.1) is 12.1 Å². The Kier molecular flexibility index (Phi) is 5.80. The van der Waals surface area contributed by atoms with Crippen LogP contribution in [0.2, 0.25) is 0 Å². The van der Waals surface area contributed by atoms with Gasteiger partial charge in [0.15, 0.2) is 0 Å². The standard InChI is InChI=1S/C21H30N6O2/c1-3-27-19-8-7-17(14-18(19)22-23-27)21(29)25-12-10-24(11-13-25)15-20(28)26-9-5-4-6-16(26)2/h7-8,14,16H,3-6,9-13,15H2,1-2H3. The molecule has 0 saturated carbocycles. The highest BCUT2D eigenvalue weighted by Crippen LogP contribution is 2.18. The average molecular weight is 399 g/mol. The number of carbonyl (C=O) groups excluding carboxylic acids is 2. The van der Waals surface area contributed by atoms with Gasteiger partial charge in [-0.15, -0.1) is 5.10 Å². The number of aryl methyl sites for hydroxylation is 1. The molecule has 1 aromatic carbocycles. The Labute approximate surface area is 171 Å². The number of rotatable bonds is 4. The van der Waals surface area contributed by atoms with E-state index >= 15 is 0 Å². The summed E-state index contributed by atoms with van der Waals surface area (Å²) in [6.07, 6.45) is 3.42. The first-order valence-corrected chi connectivity index (χ1v) is 10.7. The van der Waals surface area contributed by atoms with E-state index in [1.54, 1.807) is 0 Å². The molecule has 29 heavy (non-hydrogen) atoms. The van der Waals surface area contributed by atoms with Gasteiger partial charge in [0, 0.05) is 50.9 Å². The van der Waals surface area contributed by atoms with E-state index in [4.69, 9.17) is 0 Å². The Morgan fingerprint density at radius 1 is 1.10 bits per heavy atom. The van der Waals surface area contributed by atoms with Gasteiger partial charge in [0.2, 0.25) is 5.91 Å². The molecular weight excluding hydrogens is 368 g/mol. The summed E-state index contributed by atoms with van der Waals surface area (Å²) in [7, 11) is 0. The van der Waals surface area contributed by atoms with Crippen LogP contribution in [-0.4, -0.2) is 86.8 Å². The summed E-state index contributed by atoms with van der Waals surface area (Å²) in [6, 6.07) is 5.94. The molecule has 3 heterocycles. The molecule has 2 fully saturated rings. The van der Waals surface area contributed by atoms with E-state index in [1.807, 2.05) is 39.6 Å². The van der Waals surface area contributed by atoms with Gasteiger partial charge >= 0.3 is 0 Å². The highest BCUT2D eigenvalue weighted by molar-refractivity contribution is 5.97. The number of hydrogen-bond acceptors (Lipinski definition) is 5. The summed E-state index contributed by atoms with van der Waals surface area (Å²) in [4.78, 5) is 31.6. The third kappa shape index (κ3) is 4.12. The number of benzene rings is 1. The lowest BCUT2D eigenvalue weighted by Gasteiger charge is -2.38. The molecule has 2 aliphatic heterocycles.